The molecule has 0 aromatic carbocycles. The second-order valence-corrected chi connectivity index (χ2v) is 9.88. The van der Waals surface area contributed by atoms with E-state index in [0.717, 1.165) is 24.3 Å². The van der Waals surface area contributed by atoms with Crippen LogP contribution in [0.4, 0.5) is 4.79 Å². The summed E-state index contributed by atoms with van der Waals surface area (Å²) < 4.78 is 16.0. The molecule has 0 aromatic rings. The van der Waals surface area contributed by atoms with Crippen molar-refractivity contribution in [2.24, 2.45) is 0 Å². The monoisotopic (exact) mass is 475 g/mol. The zero-order valence-corrected chi connectivity index (χ0v) is 21.0. The van der Waals surface area contributed by atoms with Crippen LogP contribution in [0.15, 0.2) is 24.3 Å². The third kappa shape index (κ3) is 14.1. The van der Waals surface area contributed by atoms with Crippen molar-refractivity contribution >= 4 is 41.6 Å². The zero-order valence-electron chi connectivity index (χ0n) is 19.4. The predicted molar refractivity (Wildman–Crippen MR) is 129 cm³/mol. The van der Waals surface area contributed by atoms with Crippen molar-refractivity contribution < 1.29 is 28.6 Å². The molecule has 0 bridgehead atoms. The minimum Gasteiger partial charge on any atom is -0.460 e. The highest BCUT2D eigenvalue weighted by Crippen LogP contribution is 2.15. The summed E-state index contributed by atoms with van der Waals surface area (Å²) in [5.41, 5.74) is -0.722. The first-order valence-corrected chi connectivity index (χ1v) is 12.6. The third-order valence-corrected chi connectivity index (χ3v) is 6.33. The van der Waals surface area contributed by atoms with Gasteiger partial charge in [-0.1, -0.05) is 27.0 Å². The van der Waals surface area contributed by atoms with E-state index in [1.807, 2.05) is 0 Å². The Labute approximate surface area is 195 Å². The lowest BCUT2D eigenvalue weighted by Gasteiger charge is -2.30. The smallest absolute Gasteiger partial charge is 0.408 e. The fourth-order valence-corrected chi connectivity index (χ4v) is 4.03. The van der Waals surface area contributed by atoms with Crippen LogP contribution in [0.5, 0.6) is 0 Å². The lowest BCUT2D eigenvalue weighted by atomic mass is 10.1. The molecule has 0 rings (SSSR count). The van der Waals surface area contributed by atoms with Crippen molar-refractivity contribution in [3.05, 3.63) is 24.3 Å². The molecule has 0 saturated heterocycles. The normalized spacial score (nSPS) is 11.0. The van der Waals surface area contributed by atoms with Crippen molar-refractivity contribution in [2.75, 3.05) is 36.2 Å². The molecule has 0 spiro atoms. The molecule has 178 valence electrons. The van der Waals surface area contributed by atoms with Gasteiger partial charge in [0.2, 0.25) is 0 Å². The molecule has 0 aliphatic heterocycles. The summed E-state index contributed by atoms with van der Waals surface area (Å²) in [5, 5.41) is 2.70. The molecule has 7 nitrogen and oxygen atoms in total. The Balaban J connectivity index is 5.11. The molecule has 0 aliphatic carbocycles. The lowest BCUT2D eigenvalue weighted by Crippen LogP contribution is -2.54. The number of carbonyl (C=O) groups excluding carboxylic acids is 3. The van der Waals surface area contributed by atoms with E-state index in [4.69, 9.17) is 14.2 Å². The maximum atomic E-state index is 12.6. The van der Waals surface area contributed by atoms with E-state index >= 15 is 0 Å². The number of esters is 2. The Bertz CT molecular complexity index is 583. The average molecular weight is 476 g/mol. The summed E-state index contributed by atoms with van der Waals surface area (Å²) in [6.07, 6.45) is 1.19. The number of hydrogen-bond donors (Lipinski definition) is 1. The molecule has 0 aromatic heterocycles. The van der Waals surface area contributed by atoms with Gasteiger partial charge in [0.15, 0.2) is 0 Å². The van der Waals surface area contributed by atoms with Crippen molar-refractivity contribution in [3.63, 3.8) is 0 Å². The molecular weight excluding hydrogens is 438 g/mol. The van der Waals surface area contributed by atoms with Gasteiger partial charge in [-0.3, -0.25) is 0 Å². The van der Waals surface area contributed by atoms with Crippen LogP contribution < -0.4 is 5.32 Å². The van der Waals surface area contributed by atoms with Crippen molar-refractivity contribution in [3.8, 4) is 0 Å². The minimum absolute atomic E-state index is 0.211. The molecule has 0 saturated carbocycles. The van der Waals surface area contributed by atoms with Crippen LogP contribution in [0.3, 0.4) is 0 Å². The van der Waals surface area contributed by atoms with Crippen molar-refractivity contribution in [2.45, 2.75) is 59.1 Å². The fraction of sp³-hybridized carbons (Fsp3) is 0.682. The second kappa shape index (κ2) is 16.1. The van der Waals surface area contributed by atoms with Gasteiger partial charge in [0.25, 0.3) is 0 Å². The number of alkyl carbamates (subject to hydrolysis) is 1. The summed E-state index contributed by atoms with van der Waals surface area (Å²) in [6.45, 7) is 15.5. The van der Waals surface area contributed by atoms with Gasteiger partial charge < -0.3 is 19.5 Å². The number of rotatable bonds is 16. The van der Waals surface area contributed by atoms with E-state index in [2.05, 4.69) is 32.3 Å². The van der Waals surface area contributed by atoms with E-state index in [0.29, 0.717) is 11.5 Å². The topological polar surface area (TPSA) is 90.9 Å². The van der Waals surface area contributed by atoms with E-state index < -0.39 is 23.6 Å². The Kier molecular flexibility index (Phi) is 15.2. The molecule has 0 fully saturated rings. The van der Waals surface area contributed by atoms with Gasteiger partial charge in [-0.2, -0.15) is 23.5 Å². The first kappa shape index (κ1) is 29.4. The lowest BCUT2D eigenvalue weighted by molar-refractivity contribution is -0.145. The Hall–Kier alpha value is -1.61. The first-order valence-electron chi connectivity index (χ1n) is 10.3. The standard InChI is InChI=1S/C22H37NO6S2/c1-8-10-30-12-18(13-31-11-9-2)29-21(26)23-22(7,14-27-19(24)16(3)4)15-28-20(25)17(5)6/h18H,3,5,8-15H2,1-2,4,6-7H3,(H,23,26). The summed E-state index contributed by atoms with van der Waals surface area (Å²) in [7, 11) is 0. The highest BCUT2D eigenvalue weighted by atomic mass is 32.2. The Morgan fingerprint density at radius 2 is 1.32 bits per heavy atom. The van der Waals surface area contributed by atoms with E-state index in [9.17, 15) is 14.4 Å². The third-order valence-electron chi connectivity index (χ3n) is 3.72. The van der Waals surface area contributed by atoms with Crippen LogP contribution in [0.2, 0.25) is 0 Å². The largest absolute Gasteiger partial charge is 0.460 e. The first-order chi connectivity index (χ1) is 14.5. The highest BCUT2D eigenvalue weighted by Gasteiger charge is 2.32. The van der Waals surface area contributed by atoms with Crippen LogP contribution in [0, 0.1) is 0 Å². The van der Waals surface area contributed by atoms with E-state index in [-0.39, 0.29) is 30.5 Å². The van der Waals surface area contributed by atoms with Crippen molar-refractivity contribution in [1.82, 2.24) is 5.32 Å². The fourth-order valence-electron chi connectivity index (χ4n) is 2.07. The summed E-state index contributed by atoms with van der Waals surface area (Å²) in [6, 6.07) is 0. The maximum Gasteiger partial charge on any atom is 0.408 e. The number of thioether (sulfide) groups is 2. The van der Waals surface area contributed by atoms with Gasteiger partial charge in [-0.15, -0.1) is 0 Å². The maximum absolute atomic E-state index is 12.6. The molecule has 0 unspecified atom stereocenters. The van der Waals surface area contributed by atoms with Gasteiger partial charge in [-0.25, -0.2) is 14.4 Å². The molecular formula is C22H37NO6S2. The van der Waals surface area contributed by atoms with Gasteiger partial charge in [0.1, 0.15) is 24.9 Å². The quantitative estimate of drug-likeness (QED) is 0.152. The van der Waals surface area contributed by atoms with Crippen molar-refractivity contribution in [1.29, 1.82) is 0 Å². The molecule has 0 aliphatic rings. The molecule has 9 heteroatoms. The number of hydrogen-bond acceptors (Lipinski definition) is 8. The van der Waals surface area contributed by atoms with E-state index in [1.165, 1.54) is 13.8 Å². The average Bonchev–Trinajstić information content (AvgIpc) is 2.70. The Morgan fingerprint density at radius 3 is 1.68 bits per heavy atom. The van der Waals surface area contributed by atoms with Crippen LogP contribution >= 0.6 is 23.5 Å². The molecule has 0 heterocycles. The van der Waals surface area contributed by atoms with E-state index in [1.54, 1.807) is 30.4 Å². The van der Waals surface area contributed by atoms with Gasteiger partial charge >= 0.3 is 18.0 Å². The van der Waals surface area contributed by atoms with Crippen LogP contribution in [-0.4, -0.2) is 65.9 Å². The van der Waals surface area contributed by atoms with Crippen LogP contribution in [0.25, 0.3) is 0 Å². The van der Waals surface area contributed by atoms with Gasteiger partial charge in [0, 0.05) is 22.7 Å². The minimum atomic E-state index is -1.18. The SMILES string of the molecule is C=C(C)C(=O)OCC(C)(COC(=O)C(=C)C)NC(=O)OC(CSCCC)CSCCC. The summed E-state index contributed by atoms with van der Waals surface area (Å²) in [5.74, 6) is 2.18. The number of carbonyl (C=O) groups is 3. The van der Waals surface area contributed by atoms with Crippen LogP contribution in [0.1, 0.15) is 47.5 Å². The highest BCUT2D eigenvalue weighted by molar-refractivity contribution is 8.00. The number of ether oxygens (including phenoxy) is 3. The summed E-state index contributed by atoms with van der Waals surface area (Å²) >= 11 is 3.48. The molecule has 0 atom stereocenters. The molecule has 0 radical (unpaired) electrons. The Morgan fingerprint density at radius 1 is 0.903 bits per heavy atom. The summed E-state index contributed by atoms with van der Waals surface area (Å²) in [4.78, 5) is 36.2. The number of nitrogens with one attached hydrogen (secondary N) is 1. The molecule has 1 amide bonds. The second-order valence-electron chi connectivity index (χ2n) is 7.58. The zero-order chi connectivity index (χ0) is 23.9. The van der Waals surface area contributed by atoms with Gasteiger partial charge in [0.05, 0.1) is 0 Å². The predicted octanol–water partition coefficient (Wildman–Crippen LogP) is 4.36. The molecule has 31 heavy (non-hydrogen) atoms. The van der Waals surface area contributed by atoms with Crippen LogP contribution in [-0.2, 0) is 23.8 Å². The molecule has 1 N–H and O–H groups in total. The van der Waals surface area contributed by atoms with Gasteiger partial charge in [-0.05, 0) is 45.1 Å². The number of amides is 1.